The van der Waals surface area contributed by atoms with Crippen LogP contribution in [-0.4, -0.2) is 11.6 Å². The summed E-state index contributed by atoms with van der Waals surface area (Å²) in [5.41, 5.74) is 13.7. The Balaban J connectivity index is 0.000000853. The molecule has 0 amide bonds. The van der Waals surface area contributed by atoms with Crippen molar-refractivity contribution >= 4 is 12.4 Å². The second-order valence-electron chi connectivity index (χ2n) is 7.01. The van der Waals surface area contributed by atoms with Gasteiger partial charge < -0.3 is 11.5 Å². The van der Waals surface area contributed by atoms with Gasteiger partial charge in [0.25, 0.3) is 0 Å². The molecule has 0 aromatic carbocycles. The quantitative estimate of drug-likeness (QED) is 0.669. The fourth-order valence-electron chi connectivity index (χ4n) is 5.40. The van der Waals surface area contributed by atoms with E-state index in [1.54, 1.807) is 0 Å². The molecule has 88 valence electrons. The summed E-state index contributed by atoms with van der Waals surface area (Å²) < 4.78 is 0. The van der Waals surface area contributed by atoms with Gasteiger partial charge in [-0.2, -0.15) is 0 Å². The molecule has 0 aliphatic heterocycles. The fraction of sp³-hybridized carbons (Fsp3) is 1.00. The van der Waals surface area contributed by atoms with Crippen molar-refractivity contribution in [3.63, 3.8) is 0 Å². The molecule has 15 heavy (non-hydrogen) atoms. The van der Waals surface area contributed by atoms with E-state index >= 15 is 0 Å². The zero-order chi connectivity index (χ0) is 10.2. The van der Waals surface area contributed by atoms with Gasteiger partial charge in [0.05, 0.1) is 0 Å². The molecule has 5 atom stereocenters. The lowest BCUT2D eigenvalue weighted by atomic mass is 9.41. The van der Waals surface area contributed by atoms with Crippen molar-refractivity contribution in [3.05, 3.63) is 0 Å². The van der Waals surface area contributed by atoms with E-state index in [-0.39, 0.29) is 24.0 Å². The normalized spacial score (nSPS) is 61.6. The summed E-state index contributed by atoms with van der Waals surface area (Å²) in [5.74, 6) is 0.859. The highest BCUT2D eigenvalue weighted by Crippen LogP contribution is 2.64. The Morgan fingerprint density at radius 3 is 2.27 bits per heavy atom. The van der Waals surface area contributed by atoms with Crippen molar-refractivity contribution in [3.8, 4) is 0 Å². The van der Waals surface area contributed by atoms with Crippen LogP contribution in [0.25, 0.3) is 0 Å². The Labute approximate surface area is 98.6 Å². The standard InChI is InChI=1S/C12H22N2.ClH/c1-10-3-8-4-11(2,6-10)9(13)12(14,5-8)7-10;/h8-9H,3-7,13-14H2,1-2H3;1H. The van der Waals surface area contributed by atoms with Crippen LogP contribution in [0.4, 0.5) is 0 Å². The highest BCUT2D eigenvalue weighted by atomic mass is 35.5. The van der Waals surface area contributed by atoms with Gasteiger partial charge in [-0.05, 0) is 48.9 Å². The third-order valence-electron chi connectivity index (χ3n) is 5.16. The van der Waals surface area contributed by atoms with Crippen molar-refractivity contribution in [1.82, 2.24) is 0 Å². The van der Waals surface area contributed by atoms with Gasteiger partial charge in [0.15, 0.2) is 0 Å². The van der Waals surface area contributed by atoms with Gasteiger partial charge in [0, 0.05) is 11.6 Å². The summed E-state index contributed by atoms with van der Waals surface area (Å²) in [6, 6.07) is 0.236. The van der Waals surface area contributed by atoms with E-state index < -0.39 is 0 Å². The van der Waals surface area contributed by atoms with E-state index in [1.807, 2.05) is 0 Å². The summed E-state index contributed by atoms with van der Waals surface area (Å²) in [4.78, 5) is 0. The first kappa shape index (κ1) is 11.7. The van der Waals surface area contributed by atoms with E-state index in [1.165, 1.54) is 25.7 Å². The summed E-state index contributed by atoms with van der Waals surface area (Å²) in [6.45, 7) is 4.78. The Kier molecular flexibility index (Phi) is 2.26. The molecule has 0 heterocycles. The molecule has 0 spiro atoms. The predicted molar refractivity (Wildman–Crippen MR) is 64.9 cm³/mol. The molecule has 4 fully saturated rings. The van der Waals surface area contributed by atoms with Crippen molar-refractivity contribution in [2.24, 2.45) is 28.2 Å². The van der Waals surface area contributed by atoms with Crippen LogP contribution in [0.5, 0.6) is 0 Å². The number of nitrogens with two attached hydrogens (primary N) is 2. The van der Waals surface area contributed by atoms with Gasteiger partial charge in [-0.3, -0.25) is 0 Å². The molecule has 5 unspecified atom stereocenters. The van der Waals surface area contributed by atoms with Gasteiger partial charge >= 0.3 is 0 Å². The van der Waals surface area contributed by atoms with Gasteiger partial charge in [0.1, 0.15) is 0 Å². The maximum atomic E-state index is 6.51. The minimum Gasteiger partial charge on any atom is -0.326 e. The molecule has 4 saturated carbocycles. The average molecular weight is 231 g/mol. The van der Waals surface area contributed by atoms with Gasteiger partial charge in [-0.15, -0.1) is 12.4 Å². The molecule has 0 radical (unpaired) electrons. The number of halogens is 1. The molecular formula is C12H23ClN2. The van der Waals surface area contributed by atoms with Crippen LogP contribution in [0.3, 0.4) is 0 Å². The van der Waals surface area contributed by atoms with Crippen molar-refractivity contribution < 1.29 is 0 Å². The third kappa shape index (κ3) is 1.38. The highest BCUT2D eigenvalue weighted by Gasteiger charge is 2.63. The molecule has 4 rings (SSSR count). The molecule has 4 bridgehead atoms. The highest BCUT2D eigenvalue weighted by molar-refractivity contribution is 5.85. The molecule has 0 saturated heterocycles. The largest absolute Gasteiger partial charge is 0.326 e. The molecule has 2 nitrogen and oxygen atoms in total. The van der Waals surface area contributed by atoms with Crippen LogP contribution < -0.4 is 11.5 Å². The SMILES string of the molecule is CC12CC3CC(C)(C1)C(N)C(N)(C3)C2.Cl. The van der Waals surface area contributed by atoms with E-state index in [4.69, 9.17) is 11.5 Å². The molecule has 4 N–H and O–H groups in total. The second-order valence-corrected chi connectivity index (χ2v) is 7.01. The third-order valence-corrected chi connectivity index (χ3v) is 5.16. The maximum absolute atomic E-state index is 6.51. The minimum atomic E-state index is -0.0388. The van der Waals surface area contributed by atoms with Crippen LogP contribution in [0.2, 0.25) is 0 Å². The van der Waals surface area contributed by atoms with Crippen LogP contribution in [0.1, 0.15) is 46.0 Å². The Morgan fingerprint density at radius 2 is 1.73 bits per heavy atom. The maximum Gasteiger partial charge on any atom is 0.0321 e. The lowest BCUT2D eigenvalue weighted by molar-refractivity contribution is -0.120. The minimum absolute atomic E-state index is 0. The van der Waals surface area contributed by atoms with Crippen LogP contribution in [0, 0.1) is 16.7 Å². The van der Waals surface area contributed by atoms with Crippen molar-refractivity contribution in [2.75, 3.05) is 0 Å². The smallest absolute Gasteiger partial charge is 0.0321 e. The first-order valence-electron chi connectivity index (χ1n) is 5.90. The van der Waals surface area contributed by atoms with Gasteiger partial charge in [0.2, 0.25) is 0 Å². The summed E-state index contributed by atoms with van der Waals surface area (Å²) >= 11 is 0. The monoisotopic (exact) mass is 230 g/mol. The second kappa shape index (κ2) is 2.91. The average Bonchev–Trinajstić information content (AvgIpc) is 1.95. The zero-order valence-electron chi connectivity index (χ0n) is 9.75. The molecule has 3 heteroatoms. The van der Waals surface area contributed by atoms with Crippen molar-refractivity contribution in [1.29, 1.82) is 0 Å². The van der Waals surface area contributed by atoms with Crippen LogP contribution in [-0.2, 0) is 0 Å². The van der Waals surface area contributed by atoms with Gasteiger partial charge in [-0.25, -0.2) is 0 Å². The zero-order valence-corrected chi connectivity index (χ0v) is 10.6. The lowest BCUT2D eigenvalue weighted by Gasteiger charge is -2.67. The first-order chi connectivity index (χ1) is 6.35. The molecule has 0 aromatic rings. The predicted octanol–water partition coefficient (Wildman–Crippen LogP) is 2.05. The van der Waals surface area contributed by atoms with E-state index in [2.05, 4.69) is 13.8 Å². The summed E-state index contributed by atoms with van der Waals surface area (Å²) in [5, 5.41) is 0. The fourth-order valence-corrected chi connectivity index (χ4v) is 5.40. The van der Waals surface area contributed by atoms with Crippen LogP contribution in [0.15, 0.2) is 0 Å². The van der Waals surface area contributed by atoms with Gasteiger partial charge in [-0.1, -0.05) is 13.8 Å². The number of hydrogen-bond acceptors (Lipinski definition) is 2. The summed E-state index contributed by atoms with van der Waals surface area (Å²) in [7, 11) is 0. The molecule has 4 aliphatic rings. The van der Waals surface area contributed by atoms with E-state index in [0.29, 0.717) is 10.8 Å². The molecular weight excluding hydrogens is 208 g/mol. The van der Waals surface area contributed by atoms with E-state index in [9.17, 15) is 0 Å². The Hall–Kier alpha value is 0.210. The first-order valence-corrected chi connectivity index (χ1v) is 5.90. The van der Waals surface area contributed by atoms with Crippen molar-refractivity contribution in [2.45, 2.75) is 57.5 Å². The molecule has 0 aromatic heterocycles. The number of rotatable bonds is 0. The van der Waals surface area contributed by atoms with E-state index in [0.717, 1.165) is 12.3 Å². The molecule has 4 aliphatic carbocycles. The Bertz CT molecular complexity index is 271. The Morgan fingerprint density at radius 1 is 1.07 bits per heavy atom. The topological polar surface area (TPSA) is 52.0 Å². The number of hydrogen-bond donors (Lipinski definition) is 2. The van der Waals surface area contributed by atoms with Crippen LogP contribution >= 0.6 is 12.4 Å². The summed E-state index contributed by atoms with van der Waals surface area (Å²) in [6.07, 6.45) is 6.36. The lowest BCUT2D eigenvalue weighted by Crippen LogP contribution is -2.73.